The second-order valence-corrected chi connectivity index (χ2v) is 8.34. The predicted octanol–water partition coefficient (Wildman–Crippen LogP) is 4.91. The highest BCUT2D eigenvalue weighted by atomic mass is 35.5. The number of carbonyl (C=O) groups is 1. The minimum absolute atomic E-state index is 0.331. The van der Waals surface area contributed by atoms with Gasteiger partial charge in [-0.2, -0.15) is 10.0 Å². The Balaban J connectivity index is 2.31. The molecule has 20 heavy (non-hydrogen) atoms. The zero-order chi connectivity index (χ0) is 14.4. The summed E-state index contributed by atoms with van der Waals surface area (Å²) in [6.07, 6.45) is 2.24. The SMILES string of the molecule is CS(CCOC(=O)Cl)(c1ccccc1)c1ccccc1. The van der Waals surface area contributed by atoms with Gasteiger partial charge in [-0.1, -0.05) is 36.4 Å². The number of halogens is 1. The third kappa shape index (κ3) is 3.56. The summed E-state index contributed by atoms with van der Waals surface area (Å²) >= 11 is 5.25. The average Bonchev–Trinajstić information content (AvgIpc) is 2.48. The van der Waals surface area contributed by atoms with Crippen LogP contribution in [0.2, 0.25) is 0 Å². The Morgan fingerprint density at radius 1 is 1.00 bits per heavy atom. The molecule has 0 fully saturated rings. The van der Waals surface area contributed by atoms with E-state index in [0.29, 0.717) is 6.61 Å². The van der Waals surface area contributed by atoms with Gasteiger partial charge < -0.3 is 4.74 Å². The summed E-state index contributed by atoms with van der Waals surface area (Å²) in [5, 5.41) is 0. The molecule has 0 aliphatic rings. The number of hydrogen-bond donors (Lipinski definition) is 0. The van der Waals surface area contributed by atoms with E-state index in [4.69, 9.17) is 16.3 Å². The first-order valence-electron chi connectivity index (χ1n) is 6.31. The Bertz CT molecular complexity index is 518. The van der Waals surface area contributed by atoms with Crippen LogP contribution in [-0.2, 0) is 4.74 Å². The molecule has 0 radical (unpaired) electrons. The molecule has 0 aliphatic carbocycles. The number of rotatable bonds is 5. The summed E-state index contributed by atoms with van der Waals surface area (Å²) in [4.78, 5) is 13.3. The number of hydrogen-bond acceptors (Lipinski definition) is 2. The molecule has 2 rings (SSSR count). The Hall–Kier alpha value is -1.45. The van der Waals surface area contributed by atoms with Crippen LogP contribution in [0, 0.1) is 0 Å². The summed E-state index contributed by atoms with van der Waals surface area (Å²) < 4.78 is 4.93. The van der Waals surface area contributed by atoms with Crippen LogP contribution in [0.3, 0.4) is 0 Å². The van der Waals surface area contributed by atoms with Crippen LogP contribution in [0.25, 0.3) is 0 Å². The van der Waals surface area contributed by atoms with Crippen LogP contribution < -0.4 is 0 Å². The van der Waals surface area contributed by atoms with Gasteiger partial charge in [-0.05, 0) is 40.3 Å². The van der Waals surface area contributed by atoms with Gasteiger partial charge >= 0.3 is 5.43 Å². The first-order valence-corrected chi connectivity index (χ1v) is 8.90. The molecule has 0 unspecified atom stereocenters. The average molecular weight is 309 g/mol. The second kappa shape index (κ2) is 6.82. The van der Waals surface area contributed by atoms with Crippen molar-refractivity contribution in [3.63, 3.8) is 0 Å². The van der Waals surface area contributed by atoms with Gasteiger partial charge in [0.15, 0.2) is 0 Å². The lowest BCUT2D eigenvalue weighted by molar-refractivity contribution is 0.181. The standard InChI is InChI=1S/C16H17ClO2S/c1-20(13-12-19-16(17)18,14-8-4-2-5-9-14)15-10-6-3-7-11-15/h2-11H,12-13H2,1H3. The van der Waals surface area contributed by atoms with Crippen LogP contribution in [0.4, 0.5) is 4.79 Å². The summed E-state index contributed by atoms with van der Waals surface area (Å²) in [7, 11) is -1.23. The van der Waals surface area contributed by atoms with Crippen molar-refractivity contribution in [2.75, 3.05) is 18.6 Å². The maximum atomic E-state index is 10.8. The molecule has 4 heteroatoms. The molecule has 0 aromatic heterocycles. The van der Waals surface area contributed by atoms with Crippen molar-refractivity contribution in [1.82, 2.24) is 0 Å². The molecule has 0 aliphatic heterocycles. The maximum Gasteiger partial charge on any atom is 0.403 e. The molecule has 0 saturated heterocycles. The zero-order valence-electron chi connectivity index (χ0n) is 11.3. The van der Waals surface area contributed by atoms with E-state index < -0.39 is 15.5 Å². The molecule has 2 nitrogen and oxygen atoms in total. The first kappa shape index (κ1) is 14.9. The fraction of sp³-hybridized carbons (Fsp3) is 0.188. The molecular formula is C16H17ClO2S. The minimum Gasteiger partial charge on any atom is -0.453 e. The van der Waals surface area contributed by atoms with Gasteiger partial charge in [-0.15, -0.1) is 0 Å². The Kier molecular flexibility index (Phi) is 5.10. The minimum atomic E-state index is -1.23. The van der Waals surface area contributed by atoms with E-state index >= 15 is 0 Å². The lowest BCUT2D eigenvalue weighted by Gasteiger charge is -2.36. The van der Waals surface area contributed by atoms with Crippen LogP contribution >= 0.6 is 21.6 Å². The smallest absolute Gasteiger partial charge is 0.403 e. The topological polar surface area (TPSA) is 26.3 Å². The lowest BCUT2D eigenvalue weighted by Crippen LogP contribution is -2.11. The van der Waals surface area contributed by atoms with Gasteiger partial charge in [0.1, 0.15) is 6.61 Å². The van der Waals surface area contributed by atoms with Crippen molar-refractivity contribution < 1.29 is 9.53 Å². The van der Waals surface area contributed by atoms with E-state index in [1.807, 2.05) is 36.4 Å². The molecule has 0 saturated carbocycles. The van der Waals surface area contributed by atoms with E-state index in [1.165, 1.54) is 9.79 Å². The van der Waals surface area contributed by atoms with Crippen molar-refractivity contribution in [2.45, 2.75) is 9.79 Å². The molecule has 0 heterocycles. The lowest BCUT2D eigenvalue weighted by atomic mass is 10.4. The fourth-order valence-corrected chi connectivity index (χ4v) is 4.86. The molecule has 0 amide bonds. The van der Waals surface area contributed by atoms with E-state index in [-0.39, 0.29) is 0 Å². The van der Waals surface area contributed by atoms with Crippen molar-refractivity contribution in [3.05, 3.63) is 60.7 Å². The van der Waals surface area contributed by atoms with E-state index in [2.05, 4.69) is 30.5 Å². The highest BCUT2D eigenvalue weighted by molar-refractivity contribution is 8.33. The third-order valence-corrected chi connectivity index (χ3v) is 6.95. The summed E-state index contributed by atoms with van der Waals surface area (Å²) in [5.41, 5.74) is -0.743. The van der Waals surface area contributed by atoms with Crippen molar-refractivity contribution in [2.24, 2.45) is 0 Å². The summed E-state index contributed by atoms with van der Waals surface area (Å²) in [6.45, 7) is 0.331. The van der Waals surface area contributed by atoms with Crippen LogP contribution in [0.5, 0.6) is 0 Å². The van der Waals surface area contributed by atoms with Gasteiger partial charge in [0.25, 0.3) is 0 Å². The van der Waals surface area contributed by atoms with Crippen LogP contribution in [0.1, 0.15) is 0 Å². The van der Waals surface area contributed by atoms with Gasteiger partial charge in [-0.3, -0.25) is 0 Å². The predicted molar refractivity (Wildman–Crippen MR) is 85.0 cm³/mol. The Morgan fingerprint density at radius 2 is 1.45 bits per heavy atom. The molecule has 106 valence electrons. The van der Waals surface area contributed by atoms with Crippen LogP contribution in [0.15, 0.2) is 70.5 Å². The van der Waals surface area contributed by atoms with E-state index in [0.717, 1.165) is 5.75 Å². The largest absolute Gasteiger partial charge is 0.453 e. The highest BCUT2D eigenvalue weighted by Crippen LogP contribution is 2.59. The molecular weight excluding hydrogens is 292 g/mol. The quantitative estimate of drug-likeness (QED) is 0.733. The third-order valence-electron chi connectivity index (χ3n) is 3.23. The number of ether oxygens (including phenoxy) is 1. The second-order valence-electron chi connectivity index (χ2n) is 4.50. The molecule has 0 N–H and O–H groups in total. The van der Waals surface area contributed by atoms with Crippen molar-refractivity contribution in [1.29, 1.82) is 0 Å². The van der Waals surface area contributed by atoms with Crippen molar-refractivity contribution >= 4 is 27.1 Å². The van der Waals surface area contributed by atoms with Gasteiger partial charge in [-0.25, -0.2) is 4.79 Å². The number of benzene rings is 2. The summed E-state index contributed by atoms with van der Waals surface area (Å²) in [6, 6.07) is 20.7. The number of carbonyl (C=O) groups excluding carboxylic acids is 1. The highest BCUT2D eigenvalue weighted by Gasteiger charge is 2.23. The summed E-state index contributed by atoms with van der Waals surface area (Å²) in [5.74, 6) is 0.763. The molecule has 0 atom stereocenters. The monoisotopic (exact) mass is 308 g/mol. The van der Waals surface area contributed by atoms with E-state index in [9.17, 15) is 4.79 Å². The van der Waals surface area contributed by atoms with Crippen LogP contribution in [-0.4, -0.2) is 24.0 Å². The Morgan fingerprint density at radius 3 is 1.85 bits per heavy atom. The van der Waals surface area contributed by atoms with Gasteiger partial charge in [0.2, 0.25) is 0 Å². The van der Waals surface area contributed by atoms with Gasteiger partial charge in [0.05, 0.1) is 0 Å². The Labute approximate surface area is 126 Å². The van der Waals surface area contributed by atoms with E-state index in [1.54, 1.807) is 0 Å². The molecule has 2 aromatic carbocycles. The fourth-order valence-electron chi connectivity index (χ4n) is 2.10. The van der Waals surface area contributed by atoms with Gasteiger partial charge in [0, 0.05) is 17.4 Å². The molecule has 2 aromatic rings. The normalized spacial score (nSPS) is 11.9. The van der Waals surface area contributed by atoms with Crippen molar-refractivity contribution in [3.8, 4) is 0 Å². The zero-order valence-corrected chi connectivity index (χ0v) is 12.9. The first-order chi connectivity index (χ1) is 9.63. The molecule has 0 spiro atoms. The molecule has 0 bridgehead atoms. The maximum absolute atomic E-state index is 10.8.